The Morgan fingerprint density at radius 1 is 1.20 bits per heavy atom. The van der Waals surface area contributed by atoms with E-state index in [1.165, 1.54) is 11.3 Å². The fourth-order valence-electron chi connectivity index (χ4n) is 2.71. The largest absolute Gasteiger partial charge is 0.481 e. The molecular weight excluding hydrogens is 490 g/mol. The van der Waals surface area contributed by atoms with Crippen LogP contribution >= 0.6 is 38.9 Å². The second kappa shape index (κ2) is 10.1. The van der Waals surface area contributed by atoms with E-state index >= 15 is 0 Å². The lowest BCUT2D eigenvalue weighted by molar-refractivity contribution is -0.122. The van der Waals surface area contributed by atoms with Crippen molar-refractivity contribution < 1.29 is 19.1 Å². The molecule has 0 aliphatic carbocycles. The van der Waals surface area contributed by atoms with Crippen molar-refractivity contribution in [2.24, 2.45) is 0 Å². The van der Waals surface area contributed by atoms with Gasteiger partial charge in [0.2, 0.25) is 0 Å². The maximum Gasteiger partial charge on any atom is 0.341 e. The predicted molar refractivity (Wildman–Crippen MR) is 124 cm³/mol. The molecule has 2 aromatic carbocycles. The van der Waals surface area contributed by atoms with Crippen LogP contribution in [0.15, 0.2) is 58.4 Å². The van der Waals surface area contributed by atoms with E-state index in [0.29, 0.717) is 26.9 Å². The van der Waals surface area contributed by atoms with Crippen molar-refractivity contribution in [3.63, 3.8) is 0 Å². The summed E-state index contributed by atoms with van der Waals surface area (Å²) in [7, 11) is 0. The van der Waals surface area contributed by atoms with Crippen molar-refractivity contribution in [2.45, 2.75) is 20.0 Å². The number of nitrogens with one attached hydrogen (secondary N) is 1. The first-order chi connectivity index (χ1) is 14.4. The Morgan fingerprint density at radius 3 is 2.60 bits per heavy atom. The standard InChI is InChI=1S/C22H19BrClNO4S/c1-3-28-22(27)19-18(14-7-9-15(23)10-8-14)12-30-21(19)25-20(26)13(2)29-17-6-4-5-16(24)11-17/h4-13H,3H2,1-2H3,(H,25,26). The second-order valence-corrected chi connectivity index (χ2v) is 8.52. The molecule has 30 heavy (non-hydrogen) atoms. The van der Waals surface area contributed by atoms with Crippen LogP contribution in [-0.2, 0) is 9.53 Å². The van der Waals surface area contributed by atoms with Gasteiger partial charge in [-0.05, 0) is 49.7 Å². The number of esters is 1. The van der Waals surface area contributed by atoms with Gasteiger partial charge in [0.15, 0.2) is 6.10 Å². The minimum Gasteiger partial charge on any atom is -0.481 e. The minimum absolute atomic E-state index is 0.232. The van der Waals surface area contributed by atoms with Gasteiger partial charge in [0.05, 0.1) is 6.61 Å². The lowest BCUT2D eigenvalue weighted by Crippen LogP contribution is -2.30. The zero-order valence-electron chi connectivity index (χ0n) is 16.3. The van der Waals surface area contributed by atoms with Crippen LogP contribution in [0, 0.1) is 0 Å². The van der Waals surface area contributed by atoms with Crippen LogP contribution in [0.3, 0.4) is 0 Å². The summed E-state index contributed by atoms with van der Waals surface area (Å²) in [6, 6.07) is 14.4. The Kier molecular flexibility index (Phi) is 7.53. The topological polar surface area (TPSA) is 64.6 Å². The molecule has 1 unspecified atom stereocenters. The number of anilines is 1. The number of hydrogen-bond donors (Lipinski definition) is 1. The number of carbonyl (C=O) groups is 2. The van der Waals surface area contributed by atoms with E-state index < -0.39 is 12.1 Å². The molecule has 0 radical (unpaired) electrons. The summed E-state index contributed by atoms with van der Waals surface area (Å²) in [6.45, 7) is 3.60. The molecule has 1 N–H and O–H groups in total. The Balaban J connectivity index is 1.84. The molecule has 3 aromatic rings. The van der Waals surface area contributed by atoms with Gasteiger partial charge >= 0.3 is 5.97 Å². The first-order valence-electron chi connectivity index (χ1n) is 9.16. The van der Waals surface area contributed by atoms with Crippen molar-refractivity contribution in [1.82, 2.24) is 0 Å². The molecular formula is C22H19BrClNO4S. The number of ether oxygens (including phenoxy) is 2. The molecule has 1 heterocycles. The molecule has 0 spiro atoms. The third kappa shape index (κ3) is 5.41. The highest BCUT2D eigenvalue weighted by atomic mass is 79.9. The van der Waals surface area contributed by atoms with Gasteiger partial charge in [-0.15, -0.1) is 11.3 Å². The molecule has 1 amide bonds. The number of carbonyl (C=O) groups excluding carboxylic acids is 2. The molecule has 0 fully saturated rings. The molecule has 0 saturated carbocycles. The second-order valence-electron chi connectivity index (χ2n) is 6.29. The van der Waals surface area contributed by atoms with Gasteiger partial charge in [-0.1, -0.05) is 45.7 Å². The average Bonchev–Trinajstić information content (AvgIpc) is 3.12. The van der Waals surface area contributed by atoms with Gasteiger partial charge in [0, 0.05) is 20.4 Å². The third-order valence-electron chi connectivity index (χ3n) is 4.14. The summed E-state index contributed by atoms with van der Waals surface area (Å²) >= 11 is 10.6. The molecule has 0 aliphatic heterocycles. The average molecular weight is 509 g/mol. The number of hydrogen-bond acceptors (Lipinski definition) is 5. The van der Waals surface area contributed by atoms with E-state index in [4.69, 9.17) is 21.1 Å². The van der Waals surface area contributed by atoms with Gasteiger partial charge in [0.25, 0.3) is 5.91 Å². The zero-order valence-corrected chi connectivity index (χ0v) is 19.4. The molecule has 0 saturated heterocycles. The van der Waals surface area contributed by atoms with Gasteiger partial charge in [-0.25, -0.2) is 4.79 Å². The van der Waals surface area contributed by atoms with E-state index in [1.54, 1.807) is 38.1 Å². The van der Waals surface area contributed by atoms with Crippen molar-refractivity contribution in [3.8, 4) is 16.9 Å². The highest BCUT2D eigenvalue weighted by molar-refractivity contribution is 9.10. The van der Waals surface area contributed by atoms with Gasteiger partial charge < -0.3 is 14.8 Å². The Bertz CT molecular complexity index is 1050. The van der Waals surface area contributed by atoms with Crippen LogP contribution in [-0.4, -0.2) is 24.6 Å². The van der Waals surface area contributed by atoms with Gasteiger partial charge in [-0.2, -0.15) is 0 Å². The van der Waals surface area contributed by atoms with Crippen LogP contribution < -0.4 is 10.1 Å². The van der Waals surface area contributed by atoms with E-state index in [9.17, 15) is 9.59 Å². The van der Waals surface area contributed by atoms with Crippen molar-refractivity contribution in [3.05, 3.63) is 69.0 Å². The molecule has 0 aliphatic rings. The highest BCUT2D eigenvalue weighted by Crippen LogP contribution is 2.37. The summed E-state index contributed by atoms with van der Waals surface area (Å²) in [5.74, 6) is -0.391. The first-order valence-corrected chi connectivity index (χ1v) is 11.2. The summed E-state index contributed by atoms with van der Waals surface area (Å²) < 4.78 is 11.8. The van der Waals surface area contributed by atoms with E-state index in [0.717, 1.165) is 10.0 Å². The monoisotopic (exact) mass is 507 g/mol. The smallest absolute Gasteiger partial charge is 0.341 e. The minimum atomic E-state index is -0.795. The number of rotatable bonds is 7. The summed E-state index contributed by atoms with van der Waals surface area (Å²) in [5, 5.41) is 5.56. The maximum absolute atomic E-state index is 12.7. The van der Waals surface area contributed by atoms with E-state index in [-0.39, 0.29) is 12.5 Å². The lowest BCUT2D eigenvalue weighted by atomic mass is 10.0. The summed E-state index contributed by atoms with van der Waals surface area (Å²) in [6.07, 6.45) is -0.795. The Labute approximate surface area is 192 Å². The molecule has 8 heteroatoms. The zero-order chi connectivity index (χ0) is 21.7. The summed E-state index contributed by atoms with van der Waals surface area (Å²) in [5.41, 5.74) is 1.87. The number of thiophene rings is 1. The van der Waals surface area contributed by atoms with Crippen LogP contribution in [0.4, 0.5) is 5.00 Å². The molecule has 1 aromatic heterocycles. The molecule has 1 atom stereocenters. The van der Waals surface area contributed by atoms with E-state index in [2.05, 4.69) is 21.2 Å². The highest BCUT2D eigenvalue weighted by Gasteiger charge is 2.25. The van der Waals surface area contributed by atoms with Crippen LogP contribution in [0.25, 0.3) is 11.1 Å². The first kappa shape index (κ1) is 22.3. The predicted octanol–water partition coefficient (Wildman–Crippen LogP) is 6.41. The normalized spacial score (nSPS) is 11.6. The van der Waals surface area contributed by atoms with Crippen molar-refractivity contribution in [2.75, 3.05) is 11.9 Å². The van der Waals surface area contributed by atoms with Crippen LogP contribution in [0.1, 0.15) is 24.2 Å². The summed E-state index contributed by atoms with van der Waals surface area (Å²) in [4.78, 5) is 25.3. The maximum atomic E-state index is 12.7. The SMILES string of the molecule is CCOC(=O)c1c(-c2ccc(Br)cc2)csc1NC(=O)C(C)Oc1cccc(Cl)c1. The fraction of sp³-hybridized carbons (Fsp3) is 0.182. The van der Waals surface area contributed by atoms with Gasteiger partial charge in [0.1, 0.15) is 16.3 Å². The molecule has 3 rings (SSSR count). The number of amides is 1. The van der Waals surface area contributed by atoms with Crippen molar-refractivity contribution >= 4 is 55.7 Å². The lowest BCUT2D eigenvalue weighted by Gasteiger charge is -2.15. The van der Waals surface area contributed by atoms with Crippen LogP contribution in [0.5, 0.6) is 5.75 Å². The molecule has 5 nitrogen and oxygen atoms in total. The van der Waals surface area contributed by atoms with E-state index in [1.807, 2.05) is 29.6 Å². The quantitative estimate of drug-likeness (QED) is 0.374. The number of halogens is 2. The van der Waals surface area contributed by atoms with Gasteiger partial charge in [-0.3, -0.25) is 4.79 Å². The Morgan fingerprint density at radius 2 is 1.93 bits per heavy atom. The number of benzene rings is 2. The molecule has 0 bridgehead atoms. The third-order valence-corrected chi connectivity index (χ3v) is 5.80. The Hall–Kier alpha value is -2.35. The fourth-order valence-corrected chi connectivity index (χ4v) is 4.11. The molecule has 156 valence electrons. The van der Waals surface area contributed by atoms with Crippen LogP contribution in [0.2, 0.25) is 5.02 Å². The van der Waals surface area contributed by atoms with Crippen molar-refractivity contribution in [1.29, 1.82) is 0 Å².